The molecule has 2 bridgehead atoms. The van der Waals surface area contributed by atoms with E-state index in [0.29, 0.717) is 30.7 Å². The minimum atomic E-state index is 0.428. The highest BCUT2D eigenvalue weighted by Gasteiger charge is 2.41. The molecule has 0 N–H and O–H groups in total. The smallest absolute Gasteiger partial charge is 0.0682 e. The fourth-order valence-electron chi connectivity index (χ4n) is 4.75. The summed E-state index contributed by atoms with van der Waals surface area (Å²) in [6.07, 6.45) is 9.30. The van der Waals surface area contributed by atoms with Gasteiger partial charge in [0.2, 0.25) is 0 Å². The van der Waals surface area contributed by atoms with Crippen molar-refractivity contribution in [3.63, 3.8) is 0 Å². The summed E-state index contributed by atoms with van der Waals surface area (Å²) in [7, 11) is 0. The van der Waals surface area contributed by atoms with E-state index in [9.17, 15) is 0 Å². The van der Waals surface area contributed by atoms with Crippen LogP contribution in [0.1, 0.15) is 32.6 Å². The average molecular weight is 339 g/mol. The largest absolute Gasteiger partial charge is 0.374 e. The fraction of sp³-hybridized carbons (Fsp3) is 0.571. The number of hydrogen-bond acceptors (Lipinski definition) is 3. The molecule has 134 valence electrons. The summed E-state index contributed by atoms with van der Waals surface area (Å²) >= 11 is 0. The van der Waals surface area contributed by atoms with E-state index in [0.717, 1.165) is 13.1 Å². The summed E-state index contributed by atoms with van der Waals surface area (Å²) in [5.74, 6) is 0.594. The van der Waals surface area contributed by atoms with Crippen molar-refractivity contribution in [2.75, 3.05) is 13.2 Å². The van der Waals surface area contributed by atoms with Crippen molar-refractivity contribution in [2.24, 2.45) is 5.92 Å². The Kier molecular flexibility index (Phi) is 4.91. The topological polar surface area (TPSA) is 30.3 Å². The maximum Gasteiger partial charge on any atom is 0.0682 e. The van der Waals surface area contributed by atoms with Crippen LogP contribution in [-0.4, -0.2) is 46.0 Å². The molecule has 3 heterocycles. The van der Waals surface area contributed by atoms with Gasteiger partial charge in [0, 0.05) is 30.6 Å². The van der Waals surface area contributed by atoms with E-state index in [1.807, 2.05) is 12.3 Å². The Morgan fingerprint density at radius 1 is 1.24 bits per heavy atom. The molecule has 4 nitrogen and oxygen atoms in total. The number of hydrogen-bond donors (Lipinski definition) is 0. The maximum atomic E-state index is 5.94. The van der Waals surface area contributed by atoms with Gasteiger partial charge in [-0.25, -0.2) is 0 Å². The van der Waals surface area contributed by atoms with Crippen LogP contribution >= 0.6 is 0 Å². The van der Waals surface area contributed by atoms with Crippen molar-refractivity contribution >= 4 is 10.9 Å². The fourth-order valence-corrected chi connectivity index (χ4v) is 4.75. The lowest BCUT2D eigenvalue weighted by molar-refractivity contribution is -0.0134. The molecule has 2 aromatic rings. The standard InChI is InChI=1S/C21H29N3O/c1-3-10-25-20-11-18-8-9-19(12-20)23(18)14-16(2)15-24-21-7-5-4-6-17(21)13-22-24/h3-7,13,16,18-20H,1,8-12,14-15H2,2H3/t16-,18?,19?,20?/m1/s1. The Bertz CT molecular complexity index is 711. The molecule has 1 aromatic carbocycles. The number of fused-ring (bicyclic) bond motifs is 3. The predicted molar refractivity (Wildman–Crippen MR) is 102 cm³/mol. The number of rotatable bonds is 7. The third-order valence-corrected chi connectivity index (χ3v) is 5.85. The highest BCUT2D eigenvalue weighted by atomic mass is 16.5. The minimum Gasteiger partial charge on any atom is -0.374 e. The number of nitrogens with zero attached hydrogens (tertiary/aromatic N) is 3. The SMILES string of the molecule is C=CCOC1CC2CCC(C1)N2C[C@@H](C)Cn1ncc2ccccc21. The van der Waals surface area contributed by atoms with Crippen LogP contribution in [0.4, 0.5) is 0 Å². The van der Waals surface area contributed by atoms with E-state index in [1.54, 1.807) is 0 Å². The molecule has 1 aromatic heterocycles. The normalized spacial score (nSPS) is 27.6. The molecular formula is C21H29N3O. The van der Waals surface area contributed by atoms with Gasteiger partial charge in [-0.05, 0) is 37.7 Å². The van der Waals surface area contributed by atoms with Crippen molar-refractivity contribution in [1.29, 1.82) is 0 Å². The molecule has 0 saturated carbocycles. The molecule has 0 spiro atoms. The Morgan fingerprint density at radius 3 is 2.76 bits per heavy atom. The van der Waals surface area contributed by atoms with Crippen molar-refractivity contribution in [3.05, 3.63) is 43.1 Å². The molecule has 2 saturated heterocycles. The highest BCUT2D eigenvalue weighted by molar-refractivity contribution is 5.78. The zero-order chi connectivity index (χ0) is 17.2. The first-order chi connectivity index (χ1) is 12.2. The number of aromatic nitrogens is 2. The number of ether oxygens (including phenoxy) is 1. The molecule has 25 heavy (non-hydrogen) atoms. The molecule has 4 heteroatoms. The molecule has 2 fully saturated rings. The zero-order valence-corrected chi connectivity index (χ0v) is 15.2. The van der Waals surface area contributed by atoms with Crippen LogP contribution in [0.15, 0.2) is 43.1 Å². The molecule has 2 unspecified atom stereocenters. The number of piperidine rings is 1. The monoisotopic (exact) mass is 339 g/mol. The Balaban J connectivity index is 1.37. The van der Waals surface area contributed by atoms with Crippen molar-refractivity contribution < 1.29 is 4.74 Å². The predicted octanol–water partition coefficient (Wildman–Crippen LogP) is 3.87. The summed E-state index contributed by atoms with van der Waals surface area (Å²) in [6, 6.07) is 9.88. The maximum absolute atomic E-state index is 5.94. The molecule has 3 atom stereocenters. The Hall–Kier alpha value is -1.65. The lowest BCUT2D eigenvalue weighted by atomic mass is 9.98. The van der Waals surface area contributed by atoms with Crippen LogP contribution < -0.4 is 0 Å². The third kappa shape index (κ3) is 3.51. The van der Waals surface area contributed by atoms with Crippen molar-refractivity contribution in [2.45, 2.75) is 57.3 Å². The van der Waals surface area contributed by atoms with Gasteiger partial charge in [-0.2, -0.15) is 5.10 Å². The van der Waals surface area contributed by atoms with Crippen LogP contribution in [0.3, 0.4) is 0 Å². The van der Waals surface area contributed by atoms with Crippen LogP contribution in [0.25, 0.3) is 10.9 Å². The second-order valence-corrected chi connectivity index (χ2v) is 7.79. The zero-order valence-electron chi connectivity index (χ0n) is 15.2. The lowest BCUT2D eigenvalue weighted by Crippen LogP contribution is -2.47. The highest BCUT2D eigenvalue weighted by Crippen LogP contribution is 2.37. The van der Waals surface area contributed by atoms with E-state index in [4.69, 9.17) is 4.74 Å². The molecule has 2 aliphatic rings. The number of benzene rings is 1. The van der Waals surface area contributed by atoms with Gasteiger partial charge in [-0.1, -0.05) is 31.2 Å². The Labute approximate surface area is 150 Å². The van der Waals surface area contributed by atoms with E-state index in [1.165, 1.54) is 36.6 Å². The van der Waals surface area contributed by atoms with E-state index >= 15 is 0 Å². The first kappa shape index (κ1) is 16.8. The number of para-hydroxylation sites is 1. The van der Waals surface area contributed by atoms with Crippen LogP contribution in [-0.2, 0) is 11.3 Å². The summed E-state index contributed by atoms with van der Waals surface area (Å²) < 4.78 is 8.11. The second kappa shape index (κ2) is 7.30. The van der Waals surface area contributed by atoms with E-state index in [-0.39, 0.29) is 0 Å². The van der Waals surface area contributed by atoms with Gasteiger partial charge in [-0.15, -0.1) is 6.58 Å². The molecule has 4 rings (SSSR count). The summed E-state index contributed by atoms with van der Waals surface area (Å²) in [5, 5.41) is 5.83. The molecule has 0 radical (unpaired) electrons. The van der Waals surface area contributed by atoms with E-state index in [2.05, 4.69) is 52.4 Å². The summed E-state index contributed by atoms with van der Waals surface area (Å²) in [4.78, 5) is 2.75. The quantitative estimate of drug-likeness (QED) is 0.717. The van der Waals surface area contributed by atoms with Crippen LogP contribution in [0, 0.1) is 5.92 Å². The molecular weight excluding hydrogens is 310 g/mol. The molecule has 0 aliphatic carbocycles. The lowest BCUT2D eigenvalue weighted by Gasteiger charge is -2.40. The average Bonchev–Trinajstić information content (AvgIpc) is 3.11. The van der Waals surface area contributed by atoms with Crippen LogP contribution in [0.2, 0.25) is 0 Å². The molecule has 0 amide bonds. The van der Waals surface area contributed by atoms with Gasteiger partial charge in [0.05, 0.1) is 24.4 Å². The van der Waals surface area contributed by atoms with Gasteiger partial charge in [-0.3, -0.25) is 9.58 Å². The van der Waals surface area contributed by atoms with Gasteiger partial charge >= 0.3 is 0 Å². The molecule has 2 aliphatic heterocycles. The van der Waals surface area contributed by atoms with E-state index < -0.39 is 0 Å². The summed E-state index contributed by atoms with van der Waals surface area (Å²) in [5.41, 5.74) is 1.24. The van der Waals surface area contributed by atoms with Gasteiger partial charge < -0.3 is 4.74 Å². The Morgan fingerprint density at radius 2 is 2.00 bits per heavy atom. The third-order valence-electron chi connectivity index (χ3n) is 5.85. The summed E-state index contributed by atoms with van der Waals surface area (Å²) in [6.45, 7) is 8.96. The van der Waals surface area contributed by atoms with Gasteiger partial charge in [0.1, 0.15) is 0 Å². The van der Waals surface area contributed by atoms with Crippen LogP contribution in [0.5, 0.6) is 0 Å². The van der Waals surface area contributed by atoms with Crippen molar-refractivity contribution in [3.8, 4) is 0 Å². The first-order valence-corrected chi connectivity index (χ1v) is 9.63. The van der Waals surface area contributed by atoms with Gasteiger partial charge in [0.25, 0.3) is 0 Å². The van der Waals surface area contributed by atoms with Crippen molar-refractivity contribution in [1.82, 2.24) is 14.7 Å². The first-order valence-electron chi connectivity index (χ1n) is 9.63. The minimum absolute atomic E-state index is 0.428. The van der Waals surface area contributed by atoms with Gasteiger partial charge in [0.15, 0.2) is 0 Å². The second-order valence-electron chi connectivity index (χ2n) is 7.79.